The van der Waals surface area contributed by atoms with Gasteiger partial charge in [0, 0.05) is 12.1 Å². The number of carboxylic acids is 1. The zero-order chi connectivity index (χ0) is 19.6. The summed E-state index contributed by atoms with van der Waals surface area (Å²) in [7, 11) is 1.54. The highest BCUT2D eigenvalue weighted by Gasteiger charge is 2.15. The minimum atomic E-state index is -1.34. The Morgan fingerprint density at radius 1 is 1.11 bits per heavy atom. The zero-order valence-corrected chi connectivity index (χ0v) is 15.0. The molecular formula is C20H17O7-. The highest BCUT2D eigenvalue weighted by molar-refractivity contribution is 5.80. The Kier molecular flexibility index (Phi) is 5.03. The topological polar surface area (TPSA) is 98.0 Å². The molecular weight excluding hydrogens is 352 g/mol. The second kappa shape index (κ2) is 7.41. The zero-order valence-electron chi connectivity index (χ0n) is 15.0. The first-order valence-corrected chi connectivity index (χ1v) is 8.16. The smallest absolute Gasteiger partial charge is 0.235 e. The van der Waals surface area contributed by atoms with Crippen molar-refractivity contribution in [2.24, 2.45) is 0 Å². The number of carbonyl (C=O) groups is 1. The van der Waals surface area contributed by atoms with Crippen LogP contribution in [-0.2, 0) is 4.79 Å². The van der Waals surface area contributed by atoms with E-state index < -0.39 is 12.1 Å². The van der Waals surface area contributed by atoms with E-state index in [4.69, 9.17) is 18.6 Å². The van der Waals surface area contributed by atoms with Crippen molar-refractivity contribution in [3.8, 4) is 23.0 Å². The predicted octanol–water partition coefficient (Wildman–Crippen LogP) is 2.42. The van der Waals surface area contributed by atoms with E-state index in [0.29, 0.717) is 11.5 Å². The molecule has 0 unspecified atom stereocenters. The molecule has 3 aromatic rings. The molecule has 140 valence electrons. The summed E-state index contributed by atoms with van der Waals surface area (Å²) in [5.41, 5.74) is -0.0883. The fourth-order valence-corrected chi connectivity index (χ4v) is 2.49. The summed E-state index contributed by atoms with van der Waals surface area (Å²) in [6.07, 6.45) is -1.13. The Bertz CT molecular complexity index is 1050. The van der Waals surface area contributed by atoms with E-state index in [2.05, 4.69) is 0 Å². The standard InChI is InChI=1S/C20H18O7/c1-11-19(27-14-6-4-5-13(9-14)24-3)18(21)16-8-7-15(10-17(16)26-11)25-12(2)20(22)23/h4-10,12H,1-3H3,(H,22,23)/p-1/t12-/m0/s1. The van der Waals surface area contributed by atoms with Gasteiger partial charge in [-0.25, -0.2) is 0 Å². The molecule has 0 fully saturated rings. The van der Waals surface area contributed by atoms with Gasteiger partial charge in [0.05, 0.1) is 18.5 Å². The van der Waals surface area contributed by atoms with Crippen molar-refractivity contribution in [3.05, 3.63) is 58.4 Å². The van der Waals surface area contributed by atoms with Crippen molar-refractivity contribution in [1.29, 1.82) is 0 Å². The maximum absolute atomic E-state index is 12.8. The molecule has 3 rings (SSSR count). The number of fused-ring (bicyclic) bond motifs is 1. The summed E-state index contributed by atoms with van der Waals surface area (Å²) in [5, 5.41) is 11.1. The number of hydrogen-bond donors (Lipinski definition) is 0. The van der Waals surface area contributed by atoms with Gasteiger partial charge < -0.3 is 28.5 Å². The Hall–Kier alpha value is -3.48. The molecule has 7 nitrogen and oxygen atoms in total. The summed E-state index contributed by atoms with van der Waals surface area (Å²) < 4.78 is 21.8. The normalized spacial score (nSPS) is 11.8. The van der Waals surface area contributed by atoms with Crippen LogP contribution >= 0.6 is 0 Å². The molecule has 0 radical (unpaired) electrons. The van der Waals surface area contributed by atoms with Gasteiger partial charge in [0.25, 0.3) is 0 Å². The number of methoxy groups -OCH3 is 1. The fraction of sp³-hybridized carbons (Fsp3) is 0.200. The molecule has 7 heteroatoms. The molecule has 0 N–H and O–H groups in total. The van der Waals surface area contributed by atoms with E-state index in [0.717, 1.165) is 0 Å². The molecule has 1 atom stereocenters. The highest BCUT2D eigenvalue weighted by atomic mass is 16.5. The molecule has 1 heterocycles. The van der Waals surface area contributed by atoms with Crippen molar-refractivity contribution in [1.82, 2.24) is 0 Å². The number of carbonyl (C=O) groups excluding carboxylic acids is 1. The number of benzene rings is 2. The molecule has 0 spiro atoms. The van der Waals surface area contributed by atoms with E-state index in [-0.39, 0.29) is 33.7 Å². The number of carboxylic acid groups (broad SMARTS) is 1. The molecule has 0 saturated carbocycles. The van der Waals surface area contributed by atoms with Crippen LogP contribution in [0.1, 0.15) is 12.7 Å². The van der Waals surface area contributed by atoms with Crippen LogP contribution in [0.15, 0.2) is 51.7 Å². The Morgan fingerprint density at radius 3 is 2.56 bits per heavy atom. The lowest BCUT2D eigenvalue weighted by Crippen LogP contribution is -2.37. The van der Waals surface area contributed by atoms with Crippen LogP contribution in [0.25, 0.3) is 11.0 Å². The third kappa shape index (κ3) is 3.87. The van der Waals surface area contributed by atoms with Crippen LogP contribution < -0.4 is 24.7 Å². The van der Waals surface area contributed by atoms with Gasteiger partial charge in [0.2, 0.25) is 11.2 Å². The van der Waals surface area contributed by atoms with Crippen LogP contribution in [0.3, 0.4) is 0 Å². The molecule has 0 saturated heterocycles. The van der Waals surface area contributed by atoms with E-state index in [1.165, 1.54) is 32.2 Å². The van der Waals surface area contributed by atoms with Gasteiger partial charge in [0.1, 0.15) is 34.7 Å². The fourth-order valence-electron chi connectivity index (χ4n) is 2.49. The van der Waals surface area contributed by atoms with Crippen LogP contribution in [0.4, 0.5) is 0 Å². The SMILES string of the molecule is COc1cccc(Oc2c(C)oc3cc(O[C@@H](C)C(=O)[O-])ccc3c2=O)c1. The summed E-state index contributed by atoms with van der Waals surface area (Å²) in [6.45, 7) is 2.96. The maximum Gasteiger partial charge on any atom is 0.235 e. The van der Waals surface area contributed by atoms with Crippen molar-refractivity contribution < 1.29 is 28.5 Å². The number of aryl methyl sites for hydroxylation is 1. The Morgan fingerprint density at radius 2 is 1.85 bits per heavy atom. The molecule has 0 amide bonds. The average Bonchev–Trinajstić information content (AvgIpc) is 2.65. The predicted molar refractivity (Wildman–Crippen MR) is 95.4 cm³/mol. The second-order valence-electron chi connectivity index (χ2n) is 5.83. The second-order valence-corrected chi connectivity index (χ2v) is 5.83. The van der Waals surface area contributed by atoms with E-state index in [9.17, 15) is 14.7 Å². The van der Waals surface area contributed by atoms with E-state index in [1.54, 1.807) is 31.2 Å². The summed E-state index contributed by atoms with van der Waals surface area (Å²) >= 11 is 0. The Balaban J connectivity index is 1.98. The van der Waals surface area contributed by atoms with Crippen LogP contribution in [0, 0.1) is 6.92 Å². The summed E-state index contributed by atoms with van der Waals surface area (Å²) in [5.74, 6) is 0.289. The molecule has 0 bridgehead atoms. The lowest BCUT2D eigenvalue weighted by molar-refractivity contribution is -0.312. The molecule has 27 heavy (non-hydrogen) atoms. The number of rotatable bonds is 6. The van der Waals surface area contributed by atoms with Gasteiger partial charge in [-0.05, 0) is 38.1 Å². The molecule has 0 aliphatic carbocycles. The van der Waals surface area contributed by atoms with E-state index >= 15 is 0 Å². The summed E-state index contributed by atoms with van der Waals surface area (Å²) in [6, 6.07) is 11.3. The number of ether oxygens (including phenoxy) is 3. The van der Waals surface area contributed by atoms with Crippen LogP contribution in [0.2, 0.25) is 0 Å². The quantitative estimate of drug-likeness (QED) is 0.658. The monoisotopic (exact) mass is 369 g/mol. The number of hydrogen-bond acceptors (Lipinski definition) is 7. The maximum atomic E-state index is 12.8. The minimum absolute atomic E-state index is 0.0625. The van der Waals surface area contributed by atoms with Crippen molar-refractivity contribution >= 4 is 16.9 Å². The molecule has 0 aliphatic heterocycles. The summed E-state index contributed by atoms with van der Waals surface area (Å²) in [4.78, 5) is 23.6. The average molecular weight is 369 g/mol. The third-order valence-electron chi connectivity index (χ3n) is 3.89. The van der Waals surface area contributed by atoms with E-state index in [1.807, 2.05) is 0 Å². The largest absolute Gasteiger partial charge is 0.546 e. The first kappa shape index (κ1) is 18.3. The lowest BCUT2D eigenvalue weighted by Gasteiger charge is -2.15. The number of aliphatic carboxylic acids is 1. The van der Waals surface area contributed by atoms with Crippen LogP contribution in [-0.4, -0.2) is 19.2 Å². The third-order valence-corrected chi connectivity index (χ3v) is 3.89. The minimum Gasteiger partial charge on any atom is -0.546 e. The van der Waals surface area contributed by atoms with Crippen LogP contribution in [0.5, 0.6) is 23.0 Å². The Labute approximate surface area is 154 Å². The first-order valence-electron chi connectivity index (χ1n) is 8.16. The van der Waals surface area contributed by atoms with Gasteiger partial charge in [-0.1, -0.05) is 6.07 Å². The van der Waals surface area contributed by atoms with Gasteiger partial charge >= 0.3 is 0 Å². The lowest BCUT2D eigenvalue weighted by atomic mass is 10.2. The van der Waals surface area contributed by atoms with Crippen molar-refractivity contribution in [2.45, 2.75) is 20.0 Å². The molecule has 2 aromatic carbocycles. The van der Waals surface area contributed by atoms with Gasteiger partial charge in [-0.3, -0.25) is 4.79 Å². The van der Waals surface area contributed by atoms with Gasteiger partial charge in [-0.2, -0.15) is 0 Å². The van der Waals surface area contributed by atoms with Gasteiger partial charge in [0.15, 0.2) is 0 Å². The van der Waals surface area contributed by atoms with Gasteiger partial charge in [-0.15, -0.1) is 0 Å². The molecule has 1 aromatic heterocycles. The first-order chi connectivity index (χ1) is 12.9. The molecule has 0 aliphatic rings. The van der Waals surface area contributed by atoms with Crippen molar-refractivity contribution in [3.63, 3.8) is 0 Å². The highest BCUT2D eigenvalue weighted by Crippen LogP contribution is 2.29. The van der Waals surface area contributed by atoms with Crippen molar-refractivity contribution in [2.75, 3.05) is 7.11 Å².